The number of benzene rings is 1. The van der Waals surface area contributed by atoms with Crippen molar-refractivity contribution >= 4 is 11.6 Å². The molecule has 3 N–H and O–H groups in total. The van der Waals surface area contributed by atoms with Crippen LogP contribution in [0.3, 0.4) is 0 Å². The number of nitrogens with zero attached hydrogens (tertiary/aromatic N) is 1. The molecule has 1 aromatic rings. The molecular formula is C17H27N3O2. The van der Waals surface area contributed by atoms with Gasteiger partial charge in [0.2, 0.25) is 5.91 Å². The molecule has 0 aromatic heterocycles. The molecule has 0 aliphatic carbocycles. The Balaban J connectivity index is 1.98. The Morgan fingerprint density at radius 3 is 2.91 bits per heavy atom. The topological polar surface area (TPSA) is 67.6 Å². The van der Waals surface area contributed by atoms with Gasteiger partial charge in [0, 0.05) is 30.9 Å². The van der Waals surface area contributed by atoms with Gasteiger partial charge in [-0.15, -0.1) is 0 Å². The summed E-state index contributed by atoms with van der Waals surface area (Å²) in [6.45, 7) is 5.74. The average Bonchev–Trinajstić information content (AvgIpc) is 2.54. The standard InChI is InChI=1S/C17H27N3O2/c1-12(2)16(18)17(21)19-13-6-5-9-20(11-13)14-7-4-8-15(10-14)22-3/h4,7-8,10,12-13,16H,5-6,9,11,18H2,1-3H3,(H,19,21)/t13?,16-/m0/s1. The van der Waals surface area contributed by atoms with Crippen LogP contribution < -0.4 is 20.7 Å². The normalized spacial score (nSPS) is 19.9. The number of hydrogen-bond acceptors (Lipinski definition) is 4. The van der Waals surface area contributed by atoms with E-state index in [4.69, 9.17) is 10.5 Å². The number of rotatable bonds is 5. The SMILES string of the molecule is COc1cccc(N2CCCC(NC(=O)[C@@H](N)C(C)C)C2)c1. The van der Waals surface area contributed by atoms with Gasteiger partial charge in [-0.2, -0.15) is 0 Å². The molecular weight excluding hydrogens is 278 g/mol. The van der Waals surface area contributed by atoms with Crippen LogP contribution in [0.15, 0.2) is 24.3 Å². The van der Waals surface area contributed by atoms with E-state index in [2.05, 4.69) is 16.3 Å². The quantitative estimate of drug-likeness (QED) is 0.870. The lowest BCUT2D eigenvalue weighted by Crippen LogP contribution is -2.53. The predicted octanol–water partition coefficient (Wildman–Crippen LogP) is 1.76. The number of hydrogen-bond donors (Lipinski definition) is 2. The van der Waals surface area contributed by atoms with Crippen LogP contribution in [0, 0.1) is 5.92 Å². The van der Waals surface area contributed by atoms with Crippen molar-refractivity contribution < 1.29 is 9.53 Å². The van der Waals surface area contributed by atoms with Crippen LogP contribution in [0.1, 0.15) is 26.7 Å². The minimum absolute atomic E-state index is 0.0486. The molecule has 2 atom stereocenters. The fraction of sp³-hybridized carbons (Fsp3) is 0.588. The second-order valence-electron chi connectivity index (χ2n) is 6.27. The van der Waals surface area contributed by atoms with Crippen molar-refractivity contribution in [1.29, 1.82) is 0 Å². The third kappa shape index (κ3) is 4.13. The zero-order valence-electron chi connectivity index (χ0n) is 13.7. The second-order valence-corrected chi connectivity index (χ2v) is 6.27. The molecule has 5 heteroatoms. The summed E-state index contributed by atoms with van der Waals surface area (Å²) < 4.78 is 5.28. The zero-order valence-corrected chi connectivity index (χ0v) is 13.7. The lowest BCUT2D eigenvalue weighted by molar-refractivity contribution is -0.124. The summed E-state index contributed by atoms with van der Waals surface area (Å²) in [5.74, 6) is 0.955. The van der Waals surface area contributed by atoms with Crippen LogP contribution >= 0.6 is 0 Å². The van der Waals surface area contributed by atoms with Crippen LogP contribution in [-0.2, 0) is 4.79 Å². The fourth-order valence-corrected chi connectivity index (χ4v) is 2.74. The number of piperidine rings is 1. The minimum atomic E-state index is -0.438. The molecule has 2 rings (SSSR count). The van der Waals surface area contributed by atoms with Crippen molar-refractivity contribution in [3.63, 3.8) is 0 Å². The molecule has 1 aromatic carbocycles. The van der Waals surface area contributed by atoms with E-state index in [1.807, 2.05) is 32.0 Å². The maximum atomic E-state index is 12.1. The molecule has 1 saturated heterocycles. The first kappa shape index (κ1) is 16.6. The van der Waals surface area contributed by atoms with Gasteiger partial charge in [-0.05, 0) is 30.9 Å². The third-order valence-electron chi connectivity index (χ3n) is 4.21. The van der Waals surface area contributed by atoms with Crippen LogP contribution in [-0.4, -0.2) is 38.2 Å². The highest BCUT2D eigenvalue weighted by Crippen LogP contribution is 2.24. The van der Waals surface area contributed by atoms with Gasteiger partial charge in [0.05, 0.1) is 13.2 Å². The third-order valence-corrected chi connectivity index (χ3v) is 4.21. The number of methoxy groups -OCH3 is 1. The van der Waals surface area contributed by atoms with E-state index in [0.29, 0.717) is 0 Å². The molecule has 1 fully saturated rings. The van der Waals surface area contributed by atoms with Crippen molar-refractivity contribution in [3.8, 4) is 5.75 Å². The molecule has 22 heavy (non-hydrogen) atoms. The van der Waals surface area contributed by atoms with Gasteiger partial charge in [-0.1, -0.05) is 19.9 Å². The predicted molar refractivity (Wildman–Crippen MR) is 89.2 cm³/mol. The lowest BCUT2D eigenvalue weighted by atomic mass is 10.0. The van der Waals surface area contributed by atoms with Gasteiger partial charge in [0.1, 0.15) is 5.75 Å². The smallest absolute Gasteiger partial charge is 0.237 e. The maximum absolute atomic E-state index is 12.1. The van der Waals surface area contributed by atoms with Crippen LogP contribution in [0.4, 0.5) is 5.69 Å². The number of carbonyl (C=O) groups is 1. The Morgan fingerprint density at radius 2 is 2.23 bits per heavy atom. The highest BCUT2D eigenvalue weighted by atomic mass is 16.5. The first-order valence-electron chi connectivity index (χ1n) is 7.96. The second kappa shape index (κ2) is 7.49. The molecule has 0 spiro atoms. The van der Waals surface area contributed by atoms with Gasteiger partial charge < -0.3 is 20.7 Å². The van der Waals surface area contributed by atoms with Gasteiger partial charge in [0.15, 0.2) is 0 Å². The molecule has 5 nitrogen and oxygen atoms in total. The van der Waals surface area contributed by atoms with Crippen molar-refractivity contribution in [2.24, 2.45) is 11.7 Å². The van der Waals surface area contributed by atoms with E-state index in [1.165, 1.54) is 0 Å². The Labute approximate surface area is 132 Å². The van der Waals surface area contributed by atoms with E-state index >= 15 is 0 Å². The van der Waals surface area contributed by atoms with E-state index in [0.717, 1.165) is 37.4 Å². The minimum Gasteiger partial charge on any atom is -0.497 e. The van der Waals surface area contributed by atoms with E-state index in [9.17, 15) is 4.79 Å². The highest BCUT2D eigenvalue weighted by Gasteiger charge is 2.25. The maximum Gasteiger partial charge on any atom is 0.237 e. The molecule has 1 unspecified atom stereocenters. The number of anilines is 1. The monoisotopic (exact) mass is 305 g/mol. The molecule has 0 saturated carbocycles. The summed E-state index contributed by atoms with van der Waals surface area (Å²) in [5, 5.41) is 3.09. The number of nitrogens with two attached hydrogens (primary N) is 1. The molecule has 1 amide bonds. The average molecular weight is 305 g/mol. The Kier molecular flexibility index (Phi) is 5.66. The van der Waals surface area contributed by atoms with Crippen LogP contribution in [0.25, 0.3) is 0 Å². The summed E-state index contributed by atoms with van der Waals surface area (Å²) in [6.07, 6.45) is 2.05. The summed E-state index contributed by atoms with van der Waals surface area (Å²) >= 11 is 0. The lowest BCUT2D eigenvalue weighted by Gasteiger charge is -2.35. The number of amides is 1. The van der Waals surface area contributed by atoms with Gasteiger partial charge >= 0.3 is 0 Å². The van der Waals surface area contributed by atoms with E-state index in [-0.39, 0.29) is 17.9 Å². The summed E-state index contributed by atoms with van der Waals surface area (Å²) in [5.41, 5.74) is 7.05. The number of nitrogens with one attached hydrogen (secondary N) is 1. The number of ether oxygens (including phenoxy) is 1. The van der Waals surface area contributed by atoms with Gasteiger partial charge in [-0.25, -0.2) is 0 Å². The molecule has 122 valence electrons. The molecule has 1 aliphatic rings. The fourth-order valence-electron chi connectivity index (χ4n) is 2.74. The van der Waals surface area contributed by atoms with E-state index < -0.39 is 6.04 Å². The van der Waals surface area contributed by atoms with Crippen molar-refractivity contribution in [2.75, 3.05) is 25.1 Å². The van der Waals surface area contributed by atoms with Gasteiger partial charge in [-0.3, -0.25) is 4.79 Å². The summed E-state index contributed by atoms with van der Waals surface area (Å²) in [7, 11) is 1.67. The Morgan fingerprint density at radius 1 is 1.45 bits per heavy atom. The molecule has 0 radical (unpaired) electrons. The first-order valence-corrected chi connectivity index (χ1v) is 7.96. The largest absolute Gasteiger partial charge is 0.497 e. The summed E-state index contributed by atoms with van der Waals surface area (Å²) in [6, 6.07) is 7.75. The van der Waals surface area contributed by atoms with Crippen molar-refractivity contribution in [1.82, 2.24) is 5.32 Å². The van der Waals surface area contributed by atoms with Crippen LogP contribution in [0.5, 0.6) is 5.75 Å². The van der Waals surface area contributed by atoms with Crippen molar-refractivity contribution in [3.05, 3.63) is 24.3 Å². The highest BCUT2D eigenvalue weighted by molar-refractivity contribution is 5.82. The van der Waals surface area contributed by atoms with Gasteiger partial charge in [0.25, 0.3) is 0 Å². The molecule has 1 aliphatic heterocycles. The Hall–Kier alpha value is -1.75. The first-order chi connectivity index (χ1) is 10.5. The van der Waals surface area contributed by atoms with Crippen molar-refractivity contribution in [2.45, 2.75) is 38.8 Å². The molecule has 0 bridgehead atoms. The zero-order chi connectivity index (χ0) is 16.1. The van der Waals surface area contributed by atoms with E-state index in [1.54, 1.807) is 7.11 Å². The number of carbonyl (C=O) groups excluding carboxylic acids is 1. The summed E-state index contributed by atoms with van der Waals surface area (Å²) in [4.78, 5) is 14.4. The Bertz CT molecular complexity index is 504. The van der Waals surface area contributed by atoms with Crippen LogP contribution in [0.2, 0.25) is 0 Å². The molecule has 1 heterocycles.